The van der Waals surface area contributed by atoms with Gasteiger partial charge in [-0.2, -0.15) is 0 Å². The van der Waals surface area contributed by atoms with Crippen molar-refractivity contribution in [1.29, 1.82) is 0 Å². The number of ether oxygens (including phenoxy) is 1. The van der Waals surface area contributed by atoms with Gasteiger partial charge in [0.2, 0.25) is 5.91 Å². The summed E-state index contributed by atoms with van der Waals surface area (Å²) in [5, 5.41) is 4.45. The Hall–Kier alpha value is -2.82. The van der Waals surface area contributed by atoms with E-state index in [0.717, 1.165) is 31.6 Å². The number of pyridine rings is 1. The van der Waals surface area contributed by atoms with Crippen LogP contribution in [0.1, 0.15) is 37.1 Å². The molecule has 0 saturated heterocycles. The Labute approximate surface area is 165 Å². The van der Waals surface area contributed by atoms with E-state index in [0.29, 0.717) is 0 Å². The molecule has 2 aromatic heterocycles. The van der Waals surface area contributed by atoms with E-state index in [4.69, 9.17) is 4.74 Å². The Balaban J connectivity index is 1.74. The Bertz CT molecular complexity index is 992. The van der Waals surface area contributed by atoms with Crippen LogP contribution in [0.25, 0.3) is 10.9 Å². The second kappa shape index (κ2) is 7.66. The maximum atomic E-state index is 12.2. The number of fused-ring (bicyclic) bond motifs is 3. The Kier molecular flexibility index (Phi) is 5.07. The first-order valence-corrected chi connectivity index (χ1v) is 9.94. The van der Waals surface area contributed by atoms with E-state index in [9.17, 15) is 4.79 Å². The normalized spacial score (nSPS) is 16.2. The average Bonchev–Trinajstić information content (AvgIpc) is 3.01. The van der Waals surface area contributed by atoms with Crippen molar-refractivity contribution >= 4 is 16.8 Å². The third kappa shape index (κ3) is 3.49. The number of methoxy groups -OCH3 is 1. The van der Waals surface area contributed by atoms with Crippen LogP contribution >= 0.6 is 0 Å². The average molecular weight is 377 g/mol. The summed E-state index contributed by atoms with van der Waals surface area (Å²) < 4.78 is 7.89. The highest BCUT2D eigenvalue weighted by atomic mass is 16.5. The van der Waals surface area contributed by atoms with Crippen LogP contribution in [-0.2, 0) is 24.2 Å². The molecule has 1 aromatic carbocycles. The lowest BCUT2D eigenvalue weighted by Gasteiger charge is -2.26. The predicted molar refractivity (Wildman–Crippen MR) is 111 cm³/mol. The second-order valence-corrected chi connectivity index (χ2v) is 7.85. The molecule has 5 nitrogen and oxygen atoms in total. The van der Waals surface area contributed by atoms with Crippen LogP contribution in [0, 0.1) is 5.92 Å². The number of nitrogens with zero attached hydrogens (tertiary/aromatic N) is 2. The molecule has 0 fully saturated rings. The molecule has 28 heavy (non-hydrogen) atoms. The lowest BCUT2D eigenvalue weighted by molar-refractivity contribution is -0.124. The van der Waals surface area contributed by atoms with E-state index >= 15 is 0 Å². The van der Waals surface area contributed by atoms with Crippen LogP contribution in [0.4, 0.5) is 0 Å². The van der Waals surface area contributed by atoms with Crippen molar-refractivity contribution in [3.05, 3.63) is 59.5 Å². The molecule has 1 aliphatic rings. The molecule has 0 saturated carbocycles. The molecule has 3 aromatic rings. The molecule has 5 heteroatoms. The molecule has 2 heterocycles. The van der Waals surface area contributed by atoms with Gasteiger partial charge < -0.3 is 14.6 Å². The number of rotatable bonds is 5. The minimum Gasteiger partial charge on any atom is -0.497 e. The van der Waals surface area contributed by atoms with Crippen molar-refractivity contribution < 1.29 is 9.53 Å². The molecule has 1 amide bonds. The van der Waals surface area contributed by atoms with Gasteiger partial charge >= 0.3 is 0 Å². The molecule has 0 bridgehead atoms. The Morgan fingerprint density at radius 1 is 1.29 bits per heavy atom. The first-order chi connectivity index (χ1) is 13.6. The zero-order chi connectivity index (χ0) is 19.7. The van der Waals surface area contributed by atoms with E-state index in [-0.39, 0.29) is 17.9 Å². The molecule has 1 unspecified atom stereocenters. The molecular formula is C23H27N3O2. The summed E-state index contributed by atoms with van der Waals surface area (Å²) in [5.41, 5.74) is 5.16. The van der Waals surface area contributed by atoms with E-state index in [1.54, 1.807) is 7.11 Å². The van der Waals surface area contributed by atoms with Crippen LogP contribution in [0.2, 0.25) is 0 Å². The number of hydrogen-bond acceptors (Lipinski definition) is 3. The summed E-state index contributed by atoms with van der Waals surface area (Å²) in [6, 6.07) is 10.6. The molecule has 1 atom stereocenters. The molecular weight excluding hydrogens is 350 g/mol. The van der Waals surface area contributed by atoms with Crippen LogP contribution < -0.4 is 10.1 Å². The van der Waals surface area contributed by atoms with Crippen LogP contribution in [-0.4, -0.2) is 28.6 Å². The minimum absolute atomic E-state index is 0.00882. The third-order valence-electron chi connectivity index (χ3n) is 5.63. The number of carbonyl (C=O) groups excluding carboxylic acids is 1. The van der Waals surface area contributed by atoms with Gasteiger partial charge in [0.15, 0.2) is 0 Å². The van der Waals surface area contributed by atoms with Crippen molar-refractivity contribution in [3.63, 3.8) is 0 Å². The zero-order valence-electron chi connectivity index (χ0n) is 16.7. The van der Waals surface area contributed by atoms with Gasteiger partial charge in [0.1, 0.15) is 5.75 Å². The first-order valence-electron chi connectivity index (χ1n) is 9.94. The molecule has 146 valence electrons. The van der Waals surface area contributed by atoms with Gasteiger partial charge in [-0.3, -0.25) is 9.78 Å². The number of carbonyl (C=O) groups is 1. The van der Waals surface area contributed by atoms with Crippen molar-refractivity contribution in [2.24, 2.45) is 5.92 Å². The first kappa shape index (κ1) is 18.5. The van der Waals surface area contributed by atoms with Crippen molar-refractivity contribution in [3.8, 4) is 5.75 Å². The number of benzene rings is 1. The van der Waals surface area contributed by atoms with Gasteiger partial charge in [0, 0.05) is 47.5 Å². The Morgan fingerprint density at radius 2 is 2.07 bits per heavy atom. The molecule has 1 N–H and O–H groups in total. The predicted octanol–water partition coefficient (Wildman–Crippen LogP) is 3.72. The Morgan fingerprint density at radius 3 is 2.79 bits per heavy atom. The molecule has 4 rings (SSSR count). The fourth-order valence-corrected chi connectivity index (χ4v) is 4.10. The molecule has 0 spiro atoms. The number of hydrogen-bond donors (Lipinski definition) is 1. The smallest absolute Gasteiger partial charge is 0.222 e. The fraction of sp³-hybridized carbons (Fsp3) is 0.391. The molecule has 1 aliphatic carbocycles. The maximum Gasteiger partial charge on any atom is 0.222 e. The summed E-state index contributed by atoms with van der Waals surface area (Å²) in [6.07, 6.45) is 6.47. The van der Waals surface area contributed by atoms with Crippen LogP contribution in [0.3, 0.4) is 0 Å². The summed E-state index contributed by atoms with van der Waals surface area (Å²) in [7, 11) is 1.70. The van der Waals surface area contributed by atoms with E-state index < -0.39 is 0 Å². The van der Waals surface area contributed by atoms with Crippen molar-refractivity contribution in [2.45, 2.75) is 45.7 Å². The maximum absolute atomic E-state index is 12.2. The van der Waals surface area contributed by atoms with Crippen molar-refractivity contribution in [1.82, 2.24) is 14.9 Å². The number of amides is 1. The van der Waals surface area contributed by atoms with Gasteiger partial charge in [0.25, 0.3) is 0 Å². The van der Waals surface area contributed by atoms with E-state index in [2.05, 4.69) is 39.1 Å². The van der Waals surface area contributed by atoms with Gasteiger partial charge in [-0.15, -0.1) is 0 Å². The van der Waals surface area contributed by atoms with Gasteiger partial charge in [-0.25, -0.2) is 0 Å². The lowest BCUT2D eigenvalue weighted by Crippen LogP contribution is -2.41. The number of nitrogens with one attached hydrogen (secondary N) is 1. The van der Waals surface area contributed by atoms with Crippen molar-refractivity contribution in [2.75, 3.05) is 7.11 Å². The van der Waals surface area contributed by atoms with Gasteiger partial charge in [-0.05, 0) is 60.7 Å². The third-order valence-corrected chi connectivity index (χ3v) is 5.63. The quantitative estimate of drug-likeness (QED) is 0.737. The minimum atomic E-state index is 0.00882. The molecule has 0 aliphatic heterocycles. The van der Waals surface area contributed by atoms with E-state index in [1.807, 2.05) is 32.3 Å². The van der Waals surface area contributed by atoms with Crippen LogP contribution in [0.5, 0.6) is 5.75 Å². The highest BCUT2D eigenvalue weighted by Crippen LogP contribution is 2.35. The zero-order valence-corrected chi connectivity index (χ0v) is 16.7. The van der Waals surface area contributed by atoms with Gasteiger partial charge in [-0.1, -0.05) is 13.8 Å². The largest absolute Gasteiger partial charge is 0.497 e. The topological polar surface area (TPSA) is 56.1 Å². The van der Waals surface area contributed by atoms with Gasteiger partial charge in [0.05, 0.1) is 7.11 Å². The fourth-order valence-electron chi connectivity index (χ4n) is 4.10. The number of aromatic nitrogens is 2. The highest BCUT2D eigenvalue weighted by Gasteiger charge is 2.27. The summed E-state index contributed by atoms with van der Waals surface area (Å²) in [6.45, 7) is 4.70. The second-order valence-electron chi connectivity index (χ2n) is 7.85. The SMILES string of the molecule is COc1ccc2c(c1)c1c(n2Cc2ccncc2)CCC(NC(=O)C(C)C)C1. The van der Waals surface area contributed by atoms with E-state index in [1.165, 1.54) is 27.7 Å². The lowest BCUT2D eigenvalue weighted by atomic mass is 9.91. The monoisotopic (exact) mass is 377 g/mol. The highest BCUT2D eigenvalue weighted by molar-refractivity contribution is 5.87. The summed E-state index contributed by atoms with van der Waals surface area (Å²) >= 11 is 0. The molecule has 0 radical (unpaired) electrons. The summed E-state index contributed by atoms with van der Waals surface area (Å²) in [4.78, 5) is 16.3. The standard InChI is InChI=1S/C23H27N3O2/c1-15(2)23(27)25-17-4-6-21-19(12-17)20-13-18(28-3)5-7-22(20)26(21)14-16-8-10-24-11-9-16/h5,7-11,13,15,17H,4,6,12,14H2,1-3H3,(H,25,27). The van der Waals surface area contributed by atoms with Crippen LogP contribution in [0.15, 0.2) is 42.7 Å². The summed E-state index contributed by atoms with van der Waals surface area (Å²) in [5.74, 6) is 1.01.